The maximum Gasteiger partial charge on any atom is 0.355 e. The number of aromatic hydroxyl groups is 1. The third-order valence-electron chi connectivity index (χ3n) is 24.5. The number of oxazole rings is 1. The number of benzene rings is 2. The van der Waals surface area contributed by atoms with Gasteiger partial charge in [-0.15, -0.1) is 0 Å². The van der Waals surface area contributed by atoms with Crippen LogP contribution in [-0.2, 0) is 94.1 Å². The number of aliphatic hydroxyl groups excluding tert-OH is 4. The lowest BCUT2D eigenvalue weighted by atomic mass is 9.85. The molecule has 133 heavy (non-hydrogen) atoms. The van der Waals surface area contributed by atoms with Crippen molar-refractivity contribution in [1.29, 1.82) is 0 Å². The van der Waals surface area contributed by atoms with Crippen molar-refractivity contribution in [1.82, 2.24) is 50.8 Å². The summed E-state index contributed by atoms with van der Waals surface area (Å²) in [6.07, 6.45) is 14.3. The Kier molecular flexibility index (Phi) is 40.0. The van der Waals surface area contributed by atoms with Crippen molar-refractivity contribution in [2.45, 2.75) is 269 Å². The molecule has 2 aromatic heterocycles. The van der Waals surface area contributed by atoms with Gasteiger partial charge in [-0.05, 0) is 114 Å². The molecule has 0 spiro atoms. The van der Waals surface area contributed by atoms with Crippen LogP contribution in [0.4, 0.5) is 0 Å². The Bertz CT molecular complexity index is 4880. The summed E-state index contributed by atoms with van der Waals surface area (Å²) < 4.78 is 33.7. The molecule has 5 fully saturated rings. The van der Waals surface area contributed by atoms with Gasteiger partial charge in [0.05, 0.1) is 56.3 Å². The molecule has 0 aliphatic carbocycles. The summed E-state index contributed by atoms with van der Waals surface area (Å²) in [5.74, 6) is -9.79. The number of fused-ring (bicyclic) bond motifs is 5. The standard InChI is InChI=1S/C43H49N7O10.C28H35N3O7.C26H44O9/c1-4-29-40(56)49-21-12-17-30(49)41(57)48(3)32(23-26-13-7-5-8-14-26)42(58)50-22-19-28(51)24-31(50)37(53)47-35(27-15-9-6-10-16-27)43(59)60-25(2)34(38(54)45-29)46-39(55)36-33(52)18-11-20-44-36;1-17(2)26-19(4)9-10-24(34)29-11-5-7-18(3)13-20(32)14-21(33)15-25-30-22(16-37-25)27(35)31-12-6-8-23(31)28(36)38-26;1-16(13-23(30)33-11-9-7-5-4-6-8-10-22(28)29)12-20-25(32)24(31)19(15-34-20)14-21-26(35-21)17(2)18(3)27/h5-11,13-16,18,20,25,29-32,34-35,52H,4,12,17,19,21-24H2,1-3H3,(H,45,54)(H,46,55)(H,47,53);5,7-10,13,16-17,19-20,26,32H,6,11-12,14-15H2,1-4H3,(H,29,34);13,17-21,24-27,31-32H,4-12,14-15H2,1-3H3,(H,28,29)/b;;16-13+/t;;17-,18-,19-,20-,21-,24+,25-,26-/m..0/s1. The number of carboxylic acid groups (broad SMARTS) is 1. The average Bonchev–Trinajstić information content (AvgIpc) is 1.05. The van der Waals surface area contributed by atoms with Gasteiger partial charge in [0, 0.05) is 95.4 Å². The number of ketones is 2. The molecule has 0 saturated carbocycles. The lowest BCUT2D eigenvalue weighted by Crippen LogP contribution is -2.61. The molecule has 7 aliphatic heterocycles. The minimum atomic E-state index is -1.68. The minimum Gasteiger partial charge on any atom is -0.505 e. The van der Waals surface area contributed by atoms with E-state index in [1.54, 1.807) is 113 Å². The van der Waals surface area contributed by atoms with Crippen LogP contribution in [0.25, 0.3) is 0 Å². The summed E-state index contributed by atoms with van der Waals surface area (Å²) >= 11 is 0. The number of aromatic nitrogens is 2. The Morgan fingerprint density at radius 2 is 1.47 bits per heavy atom. The van der Waals surface area contributed by atoms with Gasteiger partial charge in [-0.3, -0.25) is 52.7 Å². The normalized spacial score (nSPS) is 26.8. The lowest BCUT2D eigenvalue weighted by molar-refractivity contribution is -0.165. The van der Waals surface area contributed by atoms with Gasteiger partial charge in [0.2, 0.25) is 41.3 Å². The van der Waals surface area contributed by atoms with E-state index in [9.17, 15) is 92.7 Å². The van der Waals surface area contributed by atoms with Crippen molar-refractivity contribution < 1.29 is 126 Å². The van der Waals surface area contributed by atoms with Gasteiger partial charge >= 0.3 is 23.9 Å². The molecule has 4 aromatic rings. The predicted octanol–water partition coefficient (Wildman–Crippen LogP) is 6.46. The Balaban J connectivity index is 0.000000237. The highest BCUT2D eigenvalue weighted by Crippen LogP contribution is 2.39. The number of carbonyl (C=O) groups excluding carboxylic acids is 13. The van der Waals surface area contributed by atoms with Crippen LogP contribution in [0.5, 0.6) is 5.75 Å². The van der Waals surface area contributed by atoms with Crippen molar-refractivity contribution in [2.75, 3.05) is 46.4 Å². The van der Waals surface area contributed by atoms with Crippen molar-refractivity contribution in [3.8, 4) is 5.75 Å². The van der Waals surface area contributed by atoms with Gasteiger partial charge < -0.3 is 99.6 Å². The number of carboxylic acids is 1. The first-order valence-electron chi connectivity index (χ1n) is 45.7. The number of carbonyl (C=O) groups is 14. The largest absolute Gasteiger partial charge is 0.505 e. The number of Topliss-reactive ketones (excluding diaryl/α,β-unsaturated/α-hetero) is 2. The molecule has 11 rings (SSSR count). The molecule has 0 radical (unpaired) electrons. The Labute approximate surface area is 773 Å². The van der Waals surface area contributed by atoms with E-state index in [4.69, 9.17) is 33.2 Å². The number of rotatable bonds is 23. The van der Waals surface area contributed by atoms with Crippen LogP contribution < -0.4 is 21.3 Å². The van der Waals surface area contributed by atoms with Gasteiger partial charge in [0.1, 0.15) is 77.8 Å². The number of piperidine rings is 1. The van der Waals surface area contributed by atoms with Crippen molar-refractivity contribution in [2.24, 2.45) is 23.7 Å². The van der Waals surface area contributed by atoms with E-state index in [0.29, 0.717) is 50.9 Å². The molecule has 2 aromatic carbocycles. The van der Waals surface area contributed by atoms with Gasteiger partial charge in [0.25, 0.3) is 11.8 Å². The van der Waals surface area contributed by atoms with Gasteiger partial charge in [-0.1, -0.05) is 162 Å². The number of hydrogen-bond acceptors (Lipinski definition) is 27. The number of esters is 3. The number of nitrogens with one attached hydrogen (secondary N) is 4. The zero-order valence-corrected chi connectivity index (χ0v) is 77.1. The maximum absolute atomic E-state index is 14.8. The highest BCUT2D eigenvalue weighted by atomic mass is 16.6. The first kappa shape index (κ1) is 105. The van der Waals surface area contributed by atoms with Crippen LogP contribution in [0.15, 0.2) is 149 Å². The number of aliphatic carboxylic acids is 1. The number of allylic oxidation sites excluding steroid dienone is 2. The molecule has 7 aliphatic rings. The Morgan fingerprint density at radius 3 is 2.16 bits per heavy atom. The molecule has 36 nitrogen and oxygen atoms in total. The summed E-state index contributed by atoms with van der Waals surface area (Å²) in [4.78, 5) is 199. The number of amides is 8. The van der Waals surface area contributed by atoms with E-state index in [1.807, 2.05) is 33.8 Å². The van der Waals surface area contributed by atoms with Crippen LogP contribution in [-0.4, -0.2) is 274 Å². The van der Waals surface area contributed by atoms with Gasteiger partial charge in [-0.25, -0.2) is 24.4 Å². The monoisotopic (exact) mass is 1850 g/mol. The predicted molar refractivity (Wildman–Crippen MR) is 481 cm³/mol. The Morgan fingerprint density at radius 1 is 0.767 bits per heavy atom. The molecule has 36 heteroatoms. The zero-order chi connectivity index (χ0) is 96.9. The number of aliphatic hydroxyl groups is 4. The topological polar surface area (TPSA) is 510 Å². The van der Waals surface area contributed by atoms with Crippen molar-refractivity contribution in [3.05, 3.63) is 173 Å². The fourth-order valence-electron chi connectivity index (χ4n) is 16.8. The molecule has 18 atom stereocenters. The Hall–Kier alpha value is -12.0. The van der Waals surface area contributed by atoms with Gasteiger partial charge in [-0.2, -0.15) is 0 Å². The van der Waals surface area contributed by atoms with Crippen LogP contribution in [0.1, 0.15) is 209 Å². The zero-order valence-electron chi connectivity index (χ0n) is 77.1. The number of pyridine rings is 1. The third kappa shape index (κ3) is 30.5. The van der Waals surface area contributed by atoms with E-state index in [-0.39, 0.29) is 154 Å². The molecule has 8 amide bonds. The third-order valence-corrected chi connectivity index (χ3v) is 24.5. The van der Waals surface area contributed by atoms with Crippen molar-refractivity contribution in [3.63, 3.8) is 0 Å². The number of hydrogen-bond donors (Lipinski definition) is 10. The summed E-state index contributed by atoms with van der Waals surface area (Å²) in [5.41, 5.74) is 2.08. The van der Waals surface area contributed by atoms with E-state index >= 15 is 0 Å². The SMILES string of the molecule is C/C(=C\C(=O)OCCCCCCCCC(=O)O)C[C@@H]1OC[C@H](C[C@@H]2O[C@H]2[C@@H](C)[C@H](C)O)[C@@H](O)[C@H]1O.CC1=CC(O)CC(=O)Cc2nc(co2)C(=O)N2CCC=C2C(=O)OC(C(C)C)C(C)C=CC(=O)NCC=C1.CCC1NC(=O)C(NC(=O)c2ncccc2O)C(C)OC(=O)C(c2ccccc2)NC(=O)C2CC(=O)CCN2C(=O)C(Cc2ccccc2)N(C)C(=O)C2CCCN2C1=O. The molecular formula is C97H128N10O26. The molecular weight excluding hydrogens is 1720 g/mol. The van der Waals surface area contributed by atoms with Crippen LogP contribution in [0, 0.1) is 23.7 Å². The highest BCUT2D eigenvalue weighted by Gasteiger charge is 2.50. The molecule has 10 N–H and O–H groups in total. The molecule has 2 bridgehead atoms. The first-order valence-corrected chi connectivity index (χ1v) is 45.7. The minimum absolute atomic E-state index is 0.0160. The smallest absolute Gasteiger partial charge is 0.355 e. The fraction of sp³-hybridized carbons (Fsp3) is 0.546. The van der Waals surface area contributed by atoms with Crippen LogP contribution in [0.3, 0.4) is 0 Å². The second kappa shape index (κ2) is 50.8. The summed E-state index contributed by atoms with van der Waals surface area (Å²) in [6, 6.07) is 11.7. The fourth-order valence-corrected chi connectivity index (χ4v) is 16.8. The van der Waals surface area contributed by atoms with E-state index in [0.717, 1.165) is 49.5 Å². The summed E-state index contributed by atoms with van der Waals surface area (Å²) in [7, 11) is 1.47. The number of cyclic esters (lactones) is 2. The molecule has 5 saturated heterocycles. The molecule has 9 heterocycles. The van der Waals surface area contributed by atoms with E-state index < -0.39 is 156 Å². The van der Waals surface area contributed by atoms with E-state index in [1.165, 1.54) is 64.1 Å². The van der Waals surface area contributed by atoms with Crippen molar-refractivity contribution >= 4 is 82.7 Å². The number of likely N-dealkylation sites (N-methyl/N-ethyl adjacent to an activating group) is 1. The number of ether oxygens (including phenoxy) is 5. The lowest BCUT2D eigenvalue weighted by Gasteiger charge is -2.40. The van der Waals surface area contributed by atoms with E-state index in [2.05, 4.69) is 31.2 Å². The molecule has 10 unspecified atom stereocenters. The van der Waals surface area contributed by atoms with Gasteiger partial charge in [0.15, 0.2) is 17.4 Å². The second-order valence-electron chi connectivity index (χ2n) is 35.2. The summed E-state index contributed by atoms with van der Waals surface area (Å²) in [5, 5.41) is 70.6. The van der Waals surface area contributed by atoms with Crippen LogP contribution >= 0.6 is 0 Å². The number of epoxide rings is 1. The number of nitrogens with zero attached hydrogens (tertiary/aromatic N) is 6. The average molecular weight is 1850 g/mol. The maximum atomic E-state index is 14.8. The molecule has 722 valence electrons. The highest BCUT2D eigenvalue weighted by molar-refractivity contribution is 6.03. The summed E-state index contributed by atoms with van der Waals surface area (Å²) in [6.45, 7) is 17.1. The quantitative estimate of drug-likeness (QED) is 0.0125. The second-order valence-corrected chi connectivity index (χ2v) is 35.2. The first-order chi connectivity index (χ1) is 63.4. The number of unbranched alkanes of at least 4 members (excludes halogenated alkanes) is 5. The van der Waals surface area contributed by atoms with Crippen LogP contribution in [0.2, 0.25) is 0 Å².